The Kier molecular flexibility index (Phi) is 4.77. The molecular formula is C27H23N3O. The summed E-state index contributed by atoms with van der Waals surface area (Å²) < 4.78 is 5.92. The topological polar surface area (TPSA) is 66.2 Å². The molecule has 3 N–H and O–H groups in total. The van der Waals surface area contributed by atoms with Crippen molar-refractivity contribution in [3.05, 3.63) is 108 Å². The van der Waals surface area contributed by atoms with Crippen molar-refractivity contribution in [2.75, 3.05) is 7.05 Å². The number of nitrogens with one attached hydrogen (secondary N) is 1. The first-order chi connectivity index (χ1) is 15.1. The van der Waals surface area contributed by atoms with E-state index in [0.717, 1.165) is 44.2 Å². The minimum atomic E-state index is -0.445. The van der Waals surface area contributed by atoms with Gasteiger partial charge in [0.25, 0.3) is 0 Å². The molecule has 4 heteroatoms. The van der Waals surface area contributed by atoms with Gasteiger partial charge in [-0.05, 0) is 34.9 Å². The molecule has 31 heavy (non-hydrogen) atoms. The quantitative estimate of drug-likeness (QED) is 0.213. The highest BCUT2D eigenvalue weighted by molar-refractivity contribution is 6.05. The molecule has 152 valence electrons. The number of furan rings is 1. The first kappa shape index (κ1) is 19.1. The lowest BCUT2D eigenvalue weighted by Crippen LogP contribution is -2.36. The second-order valence-electron chi connectivity index (χ2n) is 7.70. The first-order valence-corrected chi connectivity index (χ1v) is 10.3. The summed E-state index contributed by atoms with van der Waals surface area (Å²) in [4.78, 5) is 1.79. The molecule has 1 atom stereocenters. The highest BCUT2D eigenvalue weighted by atomic mass is 16.3. The van der Waals surface area contributed by atoms with Gasteiger partial charge in [-0.1, -0.05) is 78.9 Å². The Morgan fingerprint density at radius 2 is 1.42 bits per heavy atom. The Balaban J connectivity index is 1.41. The van der Waals surface area contributed by atoms with Crippen molar-refractivity contribution < 1.29 is 4.42 Å². The summed E-state index contributed by atoms with van der Waals surface area (Å²) in [6.45, 7) is 0. The zero-order valence-electron chi connectivity index (χ0n) is 17.2. The predicted octanol–water partition coefficient (Wildman–Crippen LogP) is 6.17. The van der Waals surface area contributed by atoms with Gasteiger partial charge in [-0.15, -0.1) is 0 Å². The van der Waals surface area contributed by atoms with E-state index in [1.165, 1.54) is 0 Å². The molecule has 0 amide bonds. The Morgan fingerprint density at radius 1 is 0.774 bits per heavy atom. The average Bonchev–Trinajstić information content (AvgIpc) is 3.21. The van der Waals surface area contributed by atoms with Crippen LogP contribution in [0, 0.1) is 5.41 Å². The first-order valence-electron chi connectivity index (χ1n) is 10.3. The van der Waals surface area contributed by atoms with Gasteiger partial charge in [-0.2, -0.15) is 0 Å². The van der Waals surface area contributed by atoms with Crippen molar-refractivity contribution in [1.82, 2.24) is 4.90 Å². The van der Waals surface area contributed by atoms with E-state index in [1.807, 2.05) is 79.8 Å². The largest absolute Gasteiger partial charge is 0.456 e. The van der Waals surface area contributed by atoms with Gasteiger partial charge in [0, 0.05) is 23.4 Å². The van der Waals surface area contributed by atoms with Crippen LogP contribution in [0.1, 0.15) is 17.3 Å². The molecule has 4 aromatic carbocycles. The number of para-hydroxylation sites is 1. The predicted molar refractivity (Wildman–Crippen MR) is 127 cm³/mol. The Morgan fingerprint density at radius 3 is 2.19 bits per heavy atom. The van der Waals surface area contributed by atoms with Gasteiger partial charge in [-0.3, -0.25) is 5.41 Å². The Labute approximate surface area is 181 Å². The van der Waals surface area contributed by atoms with E-state index in [2.05, 4.69) is 24.3 Å². The number of nitrogens with two attached hydrogens (primary N) is 1. The van der Waals surface area contributed by atoms with E-state index in [4.69, 9.17) is 15.6 Å². The molecule has 0 aliphatic rings. The van der Waals surface area contributed by atoms with E-state index in [-0.39, 0.29) is 0 Å². The van der Waals surface area contributed by atoms with Gasteiger partial charge in [-0.25, -0.2) is 0 Å². The summed E-state index contributed by atoms with van der Waals surface area (Å²) in [5, 5.41) is 10.8. The van der Waals surface area contributed by atoms with Crippen LogP contribution in [0.3, 0.4) is 0 Å². The molecule has 0 aliphatic heterocycles. The van der Waals surface area contributed by atoms with Crippen LogP contribution in [0.15, 0.2) is 101 Å². The number of fused-ring (bicyclic) bond motifs is 3. The summed E-state index contributed by atoms with van der Waals surface area (Å²) in [5.74, 6) is 0.379. The van der Waals surface area contributed by atoms with E-state index >= 15 is 0 Å². The number of rotatable bonds is 4. The van der Waals surface area contributed by atoms with Gasteiger partial charge in [0.15, 0.2) is 0 Å². The molecule has 0 saturated heterocycles. The molecular weight excluding hydrogens is 382 g/mol. The van der Waals surface area contributed by atoms with E-state index in [1.54, 1.807) is 4.90 Å². The smallest absolute Gasteiger partial charge is 0.135 e. The molecule has 0 aliphatic carbocycles. The van der Waals surface area contributed by atoms with E-state index < -0.39 is 6.17 Å². The second-order valence-corrected chi connectivity index (χ2v) is 7.70. The molecule has 0 radical (unpaired) electrons. The monoisotopic (exact) mass is 405 g/mol. The van der Waals surface area contributed by atoms with Crippen LogP contribution in [0.25, 0.3) is 33.1 Å². The van der Waals surface area contributed by atoms with Crippen LogP contribution in [0.4, 0.5) is 0 Å². The summed E-state index contributed by atoms with van der Waals surface area (Å²) in [6.07, 6.45) is -0.445. The summed E-state index contributed by atoms with van der Waals surface area (Å²) in [6, 6.07) is 32.2. The lowest BCUT2D eigenvalue weighted by molar-refractivity contribution is 0.384. The molecule has 0 bridgehead atoms. The SMILES string of the molecule is CN(C(=N)c1ccc(-c2ccccc2)cc1)C(N)c1ccc2oc3ccccc3c2c1. The fourth-order valence-electron chi connectivity index (χ4n) is 3.95. The van der Waals surface area contributed by atoms with Crippen molar-refractivity contribution in [2.24, 2.45) is 5.73 Å². The van der Waals surface area contributed by atoms with E-state index in [0.29, 0.717) is 5.84 Å². The second kappa shape index (κ2) is 7.74. The molecule has 1 unspecified atom stereocenters. The fraction of sp³-hybridized carbons (Fsp3) is 0.0741. The van der Waals surface area contributed by atoms with Crippen LogP contribution in [0.5, 0.6) is 0 Å². The zero-order valence-corrected chi connectivity index (χ0v) is 17.2. The zero-order chi connectivity index (χ0) is 21.4. The maximum Gasteiger partial charge on any atom is 0.135 e. The van der Waals surface area contributed by atoms with Crippen molar-refractivity contribution in [1.29, 1.82) is 5.41 Å². The van der Waals surface area contributed by atoms with E-state index in [9.17, 15) is 0 Å². The summed E-state index contributed by atoms with van der Waals surface area (Å²) in [7, 11) is 1.86. The Hall–Kier alpha value is -3.89. The van der Waals surface area contributed by atoms with Crippen LogP contribution in [0.2, 0.25) is 0 Å². The molecule has 1 heterocycles. The van der Waals surface area contributed by atoms with Gasteiger partial charge >= 0.3 is 0 Å². The number of hydrogen-bond acceptors (Lipinski definition) is 3. The maximum atomic E-state index is 8.68. The van der Waals surface area contributed by atoms with Crippen molar-refractivity contribution in [3.63, 3.8) is 0 Å². The molecule has 5 aromatic rings. The van der Waals surface area contributed by atoms with Crippen LogP contribution < -0.4 is 5.73 Å². The normalized spacial score (nSPS) is 12.2. The van der Waals surface area contributed by atoms with Crippen LogP contribution in [-0.2, 0) is 0 Å². The van der Waals surface area contributed by atoms with Crippen LogP contribution in [-0.4, -0.2) is 17.8 Å². The molecule has 4 nitrogen and oxygen atoms in total. The van der Waals surface area contributed by atoms with Gasteiger partial charge in [0.05, 0.1) is 0 Å². The third-order valence-corrected chi connectivity index (χ3v) is 5.78. The third-order valence-electron chi connectivity index (χ3n) is 5.78. The average molecular weight is 406 g/mol. The van der Waals surface area contributed by atoms with Crippen molar-refractivity contribution in [3.8, 4) is 11.1 Å². The number of amidine groups is 1. The summed E-state index contributed by atoms with van der Waals surface area (Å²) >= 11 is 0. The lowest BCUT2D eigenvalue weighted by Gasteiger charge is -2.27. The van der Waals surface area contributed by atoms with Gasteiger partial charge in [0.1, 0.15) is 23.2 Å². The molecule has 5 rings (SSSR count). The van der Waals surface area contributed by atoms with Crippen LogP contribution >= 0.6 is 0 Å². The minimum absolute atomic E-state index is 0.379. The van der Waals surface area contributed by atoms with Gasteiger partial charge < -0.3 is 15.1 Å². The minimum Gasteiger partial charge on any atom is -0.456 e. The number of benzene rings is 4. The standard InChI is InChI=1S/C27H23N3O/c1-30(26(28)20-13-11-19(12-14-20)18-7-3-2-4-8-18)27(29)21-15-16-25-23(17-21)22-9-5-6-10-24(22)31-25/h2-17,27-28H,29H2,1H3. The van der Waals surface area contributed by atoms with Crippen molar-refractivity contribution >= 4 is 27.8 Å². The van der Waals surface area contributed by atoms with Crippen molar-refractivity contribution in [2.45, 2.75) is 6.17 Å². The highest BCUT2D eigenvalue weighted by Crippen LogP contribution is 2.31. The van der Waals surface area contributed by atoms with Gasteiger partial charge in [0.2, 0.25) is 0 Å². The highest BCUT2D eigenvalue weighted by Gasteiger charge is 2.18. The maximum absolute atomic E-state index is 8.68. The Bertz CT molecular complexity index is 1370. The fourth-order valence-corrected chi connectivity index (χ4v) is 3.95. The molecule has 0 spiro atoms. The number of hydrogen-bond donors (Lipinski definition) is 2. The third kappa shape index (κ3) is 3.47. The lowest BCUT2D eigenvalue weighted by atomic mass is 10.0. The number of nitrogens with zero attached hydrogens (tertiary/aromatic N) is 1. The summed E-state index contributed by atoms with van der Waals surface area (Å²) in [5.41, 5.74) is 12.3. The molecule has 1 aromatic heterocycles. The molecule has 0 saturated carbocycles. The molecule has 0 fully saturated rings.